The van der Waals surface area contributed by atoms with Crippen LogP contribution in [0, 0.1) is 12.1 Å². The average molecular weight is 855 g/mol. The van der Waals surface area contributed by atoms with E-state index in [1.807, 2.05) is 116 Å². The Morgan fingerprint density at radius 1 is 0.615 bits per heavy atom. The number of aromatic nitrogens is 4. The Bertz CT molecular complexity index is 2460. The number of hydrogen-bond acceptors (Lipinski definition) is 4. The minimum Gasteiger partial charge on any atom is -0.477 e. The SMILES string of the molecule is CCCn1c2ccccc2c2cc(C(=O)O)ncc21.[Ir].[c-]1ccccc1-c1nccc2ccccc12.[c-]1ccccc1-c1nccc2ccccc12. The second kappa shape index (κ2) is 16.8. The maximum Gasteiger partial charge on any atom is 0.354 e. The van der Waals surface area contributed by atoms with Crippen molar-refractivity contribution in [2.45, 2.75) is 19.9 Å². The van der Waals surface area contributed by atoms with E-state index in [2.05, 4.69) is 68.9 Å². The van der Waals surface area contributed by atoms with Crippen LogP contribution in [0.3, 0.4) is 0 Å². The second-order valence-electron chi connectivity index (χ2n) is 11.9. The number of pyridine rings is 3. The zero-order valence-corrected chi connectivity index (χ0v) is 30.8. The molecule has 1 radical (unpaired) electrons. The minimum absolute atomic E-state index is 0. The molecule has 0 aliphatic rings. The van der Waals surface area contributed by atoms with Gasteiger partial charge in [-0.1, -0.05) is 73.7 Å². The van der Waals surface area contributed by atoms with Crippen LogP contribution in [0.1, 0.15) is 23.8 Å². The first kappa shape index (κ1) is 35.8. The summed E-state index contributed by atoms with van der Waals surface area (Å²) >= 11 is 0. The van der Waals surface area contributed by atoms with Crippen molar-refractivity contribution < 1.29 is 30.0 Å². The van der Waals surface area contributed by atoms with Gasteiger partial charge in [-0.2, -0.15) is 0 Å². The van der Waals surface area contributed by atoms with Crippen molar-refractivity contribution in [3.63, 3.8) is 0 Å². The molecule has 0 saturated carbocycles. The van der Waals surface area contributed by atoms with Gasteiger partial charge in [0.15, 0.2) is 0 Å². The zero-order valence-electron chi connectivity index (χ0n) is 28.4. The van der Waals surface area contributed by atoms with Crippen molar-refractivity contribution in [2.75, 3.05) is 0 Å². The van der Waals surface area contributed by atoms with Gasteiger partial charge in [0.05, 0.1) is 11.7 Å². The number of benzene rings is 5. The zero-order chi connectivity index (χ0) is 35.0. The maximum atomic E-state index is 11.0. The van der Waals surface area contributed by atoms with Gasteiger partial charge < -0.3 is 19.6 Å². The van der Waals surface area contributed by atoms with Crippen molar-refractivity contribution in [2.24, 2.45) is 0 Å². The Balaban J connectivity index is 0.000000133. The molecule has 7 heteroatoms. The van der Waals surface area contributed by atoms with Gasteiger partial charge in [-0.15, -0.1) is 71.8 Å². The Morgan fingerprint density at radius 3 is 1.65 bits per heavy atom. The third-order valence-electron chi connectivity index (χ3n) is 8.60. The van der Waals surface area contributed by atoms with E-state index < -0.39 is 5.97 Å². The van der Waals surface area contributed by atoms with Crippen LogP contribution in [-0.2, 0) is 26.7 Å². The maximum absolute atomic E-state index is 11.0. The van der Waals surface area contributed by atoms with Crippen LogP contribution in [0.5, 0.6) is 0 Å². The molecule has 5 aromatic carbocycles. The number of aromatic carboxylic acids is 1. The molecule has 0 bridgehead atoms. The fourth-order valence-electron chi connectivity index (χ4n) is 6.28. The van der Waals surface area contributed by atoms with Crippen LogP contribution in [0.15, 0.2) is 158 Å². The van der Waals surface area contributed by atoms with Gasteiger partial charge in [-0.05, 0) is 63.6 Å². The molecule has 0 atom stereocenters. The van der Waals surface area contributed by atoms with Crippen LogP contribution in [0.4, 0.5) is 0 Å². The predicted molar refractivity (Wildman–Crippen MR) is 207 cm³/mol. The number of carbonyl (C=O) groups is 1. The van der Waals surface area contributed by atoms with Gasteiger partial charge in [0.25, 0.3) is 0 Å². The van der Waals surface area contributed by atoms with E-state index in [1.165, 1.54) is 21.5 Å². The van der Waals surface area contributed by atoms with Crippen molar-refractivity contribution >= 4 is 49.3 Å². The van der Waals surface area contributed by atoms with Crippen molar-refractivity contribution in [3.8, 4) is 22.5 Å². The van der Waals surface area contributed by atoms with Crippen molar-refractivity contribution in [1.29, 1.82) is 0 Å². The first-order chi connectivity index (χ1) is 25.1. The summed E-state index contributed by atoms with van der Waals surface area (Å²) in [6, 6.07) is 52.6. The van der Waals surface area contributed by atoms with Crippen LogP contribution >= 0.6 is 0 Å². The Hall–Kier alpha value is -6.01. The standard InChI is InChI=1S/C15H14N2O2.2C15H10N.Ir/c1-2-7-17-13-6-4-3-5-10(13)11-8-12(15(18)19)16-9-14(11)17;2*1-2-7-13(8-3-1)15-14-9-5-4-6-12(14)10-11-16-15;/h3-6,8-9H,2,7H2,1H3,(H,18,19);2*1-7,9-11H;/q;2*-1;. The third-order valence-corrected chi connectivity index (χ3v) is 8.60. The van der Waals surface area contributed by atoms with Crippen LogP contribution in [-0.4, -0.2) is 30.6 Å². The van der Waals surface area contributed by atoms with Crippen LogP contribution in [0.2, 0.25) is 0 Å². The first-order valence-electron chi connectivity index (χ1n) is 16.8. The van der Waals surface area contributed by atoms with E-state index in [9.17, 15) is 4.79 Å². The van der Waals surface area contributed by atoms with Crippen molar-refractivity contribution in [1.82, 2.24) is 19.5 Å². The molecule has 9 rings (SSSR count). The molecule has 0 amide bonds. The Labute approximate surface area is 315 Å². The van der Waals surface area contributed by atoms with Gasteiger partial charge in [-0.25, -0.2) is 9.78 Å². The van der Waals surface area contributed by atoms with Gasteiger partial charge in [-0.3, -0.25) is 0 Å². The second-order valence-corrected chi connectivity index (χ2v) is 11.9. The summed E-state index contributed by atoms with van der Waals surface area (Å²) in [4.78, 5) is 24.0. The van der Waals surface area contributed by atoms with E-state index in [-0.39, 0.29) is 25.8 Å². The summed E-state index contributed by atoms with van der Waals surface area (Å²) in [7, 11) is 0. The number of aryl methyl sites for hydroxylation is 1. The number of para-hydroxylation sites is 1. The van der Waals surface area contributed by atoms with E-state index in [4.69, 9.17) is 5.11 Å². The molecule has 0 saturated heterocycles. The largest absolute Gasteiger partial charge is 0.477 e. The first-order valence-corrected chi connectivity index (χ1v) is 16.8. The van der Waals surface area contributed by atoms with E-state index in [0.29, 0.717) is 0 Å². The van der Waals surface area contributed by atoms with Crippen molar-refractivity contribution in [3.05, 3.63) is 176 Å². The number of hydrogen-bond donors (Lipinski definition) is 1. The molecule has 6 nitrogen and oxygen atoms in total. The van der Waals surface area contributed by atoms with Crippen LogP contribution in [0.25, 0.3) is 65.9 Å². The summed E-state index contributed by atoms with van der Waals surface area (Å²) in [6.45, 7) is 3.03. The molecule has 0 aliphatic carbocycles. The molecule has 4 aromatic heterocycles. The molecule has 4 heterocycles. The molecule has 9 aromatic rings. The topological polar surface area (TPSA) is 80.9 Å². The molecule has 1 N–H and O–H groups in total. The molecular formula is C45H34IrN4O2-2. The molecule has 257 valence electrons. The number of nitrogens with zero attached hydrogens (tertiary/aromatic N) is 4. The molecule has 0 aliphatic heterocycles. The average Bonchev–Trinajstić information content (AvgIpc) is 3.51. The van der Waals surface area contributed by atoms with Crippen LogP contribution < -0.4 is 0 Å². The quantitative estimate of drug-likeness (QED) is 0.174. The molecule has 0 unspecified atom stereocenters. The van der Waals surface area contributed by atoms with E-state index in [1.54, 1.807) is 12.3 Å². The summed E-state index contributed by atoms with van der Waals surface area (Å²) in [6.07, 6.45) is 6.37. The minimum atomic E-state index is -0.991. The summed E-state index contributed by atoms with van der Waals surface area (Å²) in [5.41, 5.74) is 6.29. The Morgan fingerprint density at radius 2 is 1.13 bits per heavy atom. The smallest absolute Gasteiger partial charge is 0.354 e. The normalized spacial score (nSPS) is 10.6. The third kappa shape index (κ3) is 7.66. The monoisotopic (exact) mass is 855 g/mol. The number of rotatable bonds is 5. The molecule has 0 spiro atoms. The number of fused-ring (bicyclic) bond motifs is 5. The summed E-state index contributed by atoms with van der Waals surface area (Å²) < 4.78 is 2.20. The predicted octanol–water partition coefficient (Wildman–Crippen LogP) is 10.7. The molecule has 0 fully saturated rings. The van der Waals surface area contributed by atoms with Gasteiger partial charge in [0.1, 0.15) is 5.69 Å². The fourth-order valence-corrected chi connectivity index (χ4v) is 6.28. The van der Waals surface area contributed by atoms with Gasteiger partial charge in [0.2, 0.25) is 0 Å². The molecular weight excluding hydrogens is 821 g/mol. The number of carboxylic acid groups (broad SMARTS) is 1. The van der Waals surface area contributed by atoms with Gasteiger partial charge in [0, 0.05) is 55.3 Å². The molecule has 52 heavy (non-hydrogen) atoms. The summed E-state index contributed by atoms with van der Waals surface area (Å²) in [5, 5.41) is 15.9. The summed E-state index contributed by atoms with van der Waals surface area (Å²) in [5.74, 6) is -0.991. The van der Waals surface area contributed by atoms with Gasteiger partial charge >= 0.3 is 5.97 Å². The Kier molecular flexibility index (Phi) is 11.6. The number of carboxylic acids is 1. The fraction of sp³-hybridized carbons (Fsp3) is 0.0667. The van der Waals surface area contributed by atoms with E-state index >= 15 is 0 Å². The van der Waals surface area contributed by atoms with E-state index in [0.717, 1.165) is 57.3 Å².